The van der Waals surface area contributed by atoms with Crippen molar-refractivity contribution in [3.05, 3.63) is 35.9 Å². The molecule has 0 aliphatic heterocycles. The molecule has 0 fully saturated rings. The minimum Gasteiger partial charge on any atom is -0.475 e. The highest BCUT2D eigenvalue weighted by atomic mass is 16.5. The van der Waals surface area contributed by atoms with Crippen LogP contribution in [0.2, 0.25) is 0 Å². The van der Waals surface area contributed by atoms with E-state index in [1.54, 1.807) is 0 Å². The zero-order chi connectivity index (χ0) is 15.2. The molecule has 3 heteroatoms. The number of hydrogen-bond acceptors (Lipinski definition) is 3. The second-order valence-electron chi connectivity index (χ2n) is 6.00. The van der Waals surface area contributed by atoms with Gasteiger partial charge in [0.1, 0.15) is 0 Å². The van der Waals surface area contributed by atoms with Crippen LogP contribution in [0.1, 0.15) is 39.7 Å². The van der Waals surface area contributed by atoms with E-state index < -0.39 is 0 Å². The van der Waals surface area contributed by atoms with Crippen LogP contribution in [0, 0.1) is 5.92 Å². The number of ether oxygens (including phenoxy) is 1. The highest BCUT2D eigenvalue weighted by Crippen LogP contribution is 2.23. The molecule has 1 atom stereocenters. The van der Waals surface area contributed by atoms with Crippen molar-refractivity contribution < 1.29 is 4.74 Å². The first-order valence-electron chi connectivity index (χ1n) is 7.86. The summed E-state index contributed by atoms with van der Waals surface area (Å²) in [6.07, 6.45) is 1.17. The first kappa shape index (κ1) is 15.8. The summed E-state index contributed by atoms with van der Waals surface area (Å²) in [5.74, 6) is 1.37. The normalized spacial score (nSPS) is 12.8. The van der Waals surface area contributed by atoms with Crippen molar-refractivity contribution >= 4 is 10.9 Å². The zero-order valence-electron chi connectivity index (χ0n) is 13.5. The van der Waals surface area contributed by atoms with Gasteiger partial charge in [0, 0.05) is 18.0 Å². The Hall–Kier alpha value is -1.61. The summed E-state index contributed by atoms with van der Waals surface area (Å²) in [5, 5.41) is 4.70. The van der Waals surface area contributed by atoms with Gasteiger partial charge in [0.25, 0.3) is 0 Å². The Balaban J connectivity index is 2.27. The fourth-order valence-corrected chi connectivity index (χ4v) is 2.21. The number of nitrogens with one attached hydrogen (secondary N) is 1. The van der Waals surface area contributed by atoms with E-state index in [9.17, 15) is 0 Å². The molecule has 2 rings (SSSR count). The molecular weight excluding hydrogens is 260 g/mol. The van der Waals surface area contributed by atoms with Gasteiger partial charge < -0.3 is 10.1 Å². The Labute approximate surface area is 127 Å². The summed E-state index contributed by atoms with van der Waals surface area (Å²) in [4.78, 5) is 4.62. The standard InChI is InChI=1S/C18H26N2O/c1-5-14(4)21-18-10-15(12-19-11-13(2)3)16-8-6-7-9-17(16)20-18/h6-10,13-14,19H,5,11-12H2,1-4H3. The Bertz CT molecular complexity index is 580. The minimum atomic E-state index is 0.190. The molecule has 0 bridgehead atoms. The predicted octanol–water partition coefficient (Wildman–Crippen LogP) is 4.16. The van der Waals surface area contributed by atoms with Crippen LogP contribution < -0.4 is 10.1 Å². The molecule has 2 aromatic rings. The zero-order valence-corrected chi connectivity index (χ0v) is 13.5. The van der Waals surface area contributed by atoms with Crippen LogP contribution >= 0.6 is 0 Å². The van der Waals surface area contributed by atoms with E-state index in [1.165, 1.54) is 10.9 Å². The molecular formula is C18H26N2O. The molecule has 0 saturated carbocycles. The summed E-state index contributed by atoms with van der Waals surface area (Å²) >= 11 is 0. The van der Waals surface area contributed by atoms with Gasteiger partial charge in [0.05, 0.1) is 11.6 Å². The van der Waals surface area contributed by atoms with Crippen molar-refractivity contribution in [1.82, 2.24) is 10.3 Å². The summed E-state index contributed by atoms with van der Waals surface area (Å²) < 4.78 is 5.90. The third kappa shape index (κ3) is 4.43. The average Bonchev–Trinajstić information content (AvgIpc) is 2.46. The first-order valence-corrected chi connectivity index (χ1v) is 7.86. The lowest BCUT2D eigenvalue weighted by molar-refractivity contribution is 0.209. The maximum atomic E-state index is 5.90. The molecule has 21 heavy (non-hydrogen) atoms. The number of para-hydroxylation sites is 1. The maximum Gasteiger partial charge on any atom is 0.214 e. The van der Waals surface area contributed by atoms with Crippen LogP contribution in [-0.4, -0.2) is 17.6 Å². The van der Waals surface area contributed by atoms with Gasteiger partial charge in [-0.15, -0.1) is 0 Å². The van der Waals surface area contributed by atoms with Crippen LogP contribution in [0.3, 0.4) is 0 Å². The van der Waals surface area contributed by atoms with E-state index >= 15 is 0 Å². The van der Waals surface area contributed by atoms with E-state index in [1.807, 2.05) is 12.1 Å². The van der Waals surface area contributed by atoms with Crippen molar-refractivity contribution in [2.45, 2.75) is 46.8 Å². The Morgan fingerprint density at radius 1 is 1.19 bits per heavy atom. The summed E-state index contributed by atoms with van der Waals surface area (Å²) in [7, 11) is 0. The van der Waals surface area contributed by atoms with Gasteiger partial charge >= 0.3 is 0 Å². The van der Waals surface area contributed by atoms with Gasteiger partial charge in [-0.2, -0.15) is 0 Å². The summed E-state index contributed by atoms with van der Waals surface area (Å²) in [6, 6.07) is 10.3. The van der Waals surface area contributed by atoms with E-state index in [4.69, 9.17) is 4.74 Å². The van der Waals surface area contributed by atoms with Gasteiger partial charge in [-0.3, -0.25) is 0 Å². The Morgan fingerprint density at radius 2 is 1.95 bits per heavy atom. The van der Waals surface area contributed by atoms with Crippen molar-refractivity contribution in [1.29, 1.82) is 0 Å². The molecule has 1 aromatic carbocycles. The van der Waals surface area contributed by atoms with E-state index in [0.29, 0.717) is 5.92 Å². The fourth-order valence-electron chi connectivity index (χ4n) is 2.21. The lowest BCUT2D eigenvalue weighted by Crippen LogP contribution is -2.19. The van der Waals surface area contributed by atoms with Crippen LogP contribution in [0.5, 0.6) is 5.88 Å². The average molecular weight is 286 g/mol. The topological polar surface area (TPSA) is 34.1 Å². The van der Waals surface area contributed by atoms with Crippen molar-refractivity contribution in [2.24, 2.45) is 5.92 Å². The number of benzene rings is 1. The number of aromatic nitrogens is 1. The molecule has 1 aromatic heterocycles. The molecule has 0 saturated heterocycles. The van der Waals surface area contributed by atoms with Gasteiger partial charge in [0.15, 0.2) is 0 Å². The quantitative estimate of drug-likeness (QED) is 0.830. The number of rotatable bonds is 7. The number of fused-ring (bicyclic) bond motifs is 1. The third-order valence-electron chi connectivity index (χ3n) is 3.54. The largest absolute Gasteiger partial charge is 0.475 e. The van der Waals surface area contributed by atoms with Crippen molar-refractivity contribution in [3.63, 3.8) is 0 Å². The minimum absolute atomic E-state index is 0.190. The van der Waals surface area contributed by atoms with Gasteiger partial charge in [-0.05, 0) is 37.4 Å². The van der Waals surface area contributed by atoms with E-state index in [0.717, 1.165) is 30.9 Å². The molecule has 0 aliphatic carbocycles. The Morgan fingerprint density at radius 3 is 2.67 bits per heavy atom. The maximum absolute atomic E-state index is 5.90. The van der Waals surface area contributed by atoms with Gasteiger partial charge in [-0.25, -0.2) is 4.98 Å². The van der Waals surface area contributed by atoms with E-state index in [-0.39, 0.29) is 6.10 Å². The molecule has 0 amide bonds. The fraction of sp³-hybridized carbons (Fsp3) is 0.500. The van der Waals surface area contributed by atoms with Gasteiger partial charge in [0.2, 0.25) is 5.88 Å². The van der Waals surface area contributed by atoms with Gasteiger partial charge in [-0.1, -0.05) is 39.0 Å². The highest BCUT2D eigenvalue weighted by Gasteiger charge is 2.09. The molecule has 1 unspecified atom stereocenters. The number of hydrogen-bond donors (Lipinski definition) is 1. The molecule has 0 aliphatic rings. The monoisotopic (exact) mass is 286 g/mol. The lowest BCUT2D eigenvalue weighted by Gasteiger charge is -2.15. The summed E-state index contributed by atoms with van der Waals surface area (Å²) in [5.41, 5.74) is 2.25. The number of nitrogens with zero attached hydrogens (tertiary/aromatic N) is 1. The van der Waals surface area contributed by atoms with Crippen LogP contribution in [0.4, 0.5) is 0 Å². The molecule has 1 N–H and O–H groups in total. The van der Waals surface area contributed by atoms with Crippen LogP contribution in [0.15, 0.2) is 30.3 Å². The van der Waals surface area contributed by atoms with Crippen molar-refractivity contribution in [2.75, 3.05) is 6.54 Å². The molecule has 0 radical (unpaired) electrons. The van der Waals surface area contributed by atoms with Crippen molar-refractivity contribution in [3.8, 4) is 5.88 Å². The first-order chi connectivity index (χ1) is 10.1. The molecule has 114 valence electrons. The molecule has 3 nitrogen and oxygen atoms in total. The predicted molar refractivity (Wildman–Crippen MR) is 88.7 cm³/mol. The SMILES string of the molecule is CCC(C)Oc1cc(CNCC(C)C)c2ccccc2n1. The molecule has 1 heterocycles. The summed E-state index contributed by atoms with van der Waals surface area (Å²) in [6.45, 7) is 10.5. The molecule has 0 spiro atoms. The van der Waals surface area contributed by atoms with Crippen LogP contribution in [-0.2, 0) is 6.54 Å². The van der Waals surface area contributed by atoms with E-state index in [2.05, 4.69) is 56.2 Å². The second kappa shape index (κ2) is 7.41. The van der Waals surface area contributed by atoms with Crippen LogP contribution in [0.25, 0.3) is 10.9 Å². The highest BCUT2D eigenvalue weighted by molar-refractivity contribution is 5.82. The lowest BCUT2D eigenvalue weighted by atomic mass is 10.1. The third-order valence-corrected chi connectivity index (χ3v) is 3.54. The Kier molecular flexibility index (Phi) is 5.57. The smallest absolute Gasteiger partial charge is 0.214 e. The second-order valence-corrected chi connectivity index (χ2v) is 6.00. The number of pyridine rings is 1.